The first-order valence-corrected chi connectivity index (χ1v) is 8.49. The summed E-state index contributed by atoms with van der Waals surface area (Å²) in [5, 5.41) is 18.0. The monoisotopic (exact) mass is 388 g/mol. The first kappa shape index (κ1) is 18.2. The maximum atomic E-state index is 12.5. The molecular formula is C14H14F2N4O5S. The second-order valence-corrected chi connectivity index (χ2v) is 6.41. The number of benzene rings is 1. The molecule has 1 aliphatic carbocycles. The van der Waals surface area contributed by atoms with Gasteiger partial charge in [-0.3, -0.25) is 14.7 Å². The van der Waals surface area contributed by atoms with Gasteiger partial charge in [-0.05, 0) is 18.9 Å². The Hall–Kier alpha value is -2.63. The number of nitrogens with zero attached hydrogens (tertiary/aromatic N) is 3. The standard InChI is InChI=1S/C14H14F2N4O5S/c1-24-10-4-7(9(20(22)23)5-11(10)25-12(15)16)6-26-14-18-17-13(21)19(14)8-2-3-8/h4-5,8,12H,2-3,6H2,1H3,(H,17,21). The van der Waals surface area contributed by atoms with Crippen LogP contribution in [0.2, 0.25) is 0 Å². The van der Waals surface area contributed by atoms with Crippen LogP contribution in [0.4, 0.5) is 14.5 Å². The number of nitro benzene ring substituents is 1. The number of ether oxygens (including phenoxy) is 2. The topological polar surface area (TPSA) is 112 Å². The van der Waals surface area contributed by atoms with Crippen molar-refractivity contribution in [2.45, 2.75) is 36.4 Å². The van der Waals surface area contributed by atoms with E-state index in [0.717, 1.165) is 30.7 Å². The van der Waals surface area contributed by atoms with Crippen LogP contribution in [-0.4, -0.2) is 33.4 Å². The zero-order valence-electron chi connectivity index (χ0n) is 13.5. The molecule has 1 heterocycles. The summed E-state index contributed by atoms with van der Waals surface area (Å²) in [4.78, 5) is 22.4. The Labute approximate surface area is 149 Å². The van der Waals surface area contributed by atoms with Crippen molar-refractivity contribution in [1.82, 2.24) is 14.8 Å². The fourth-order valence-electron chi connectivity index (χ4n) is 2.41. The number of nitrogens with one attached hydrogen (secondary N) is 1. The number of H-pyrrole nitrogens is 1. The van der Waals surface area contributed by atoms with E-state index in [9.17, 15) is 23.7 Å². The van der Waals surface area contributed by atoms with E-state index in [4.69, 9.17) is 4.74 Å². The van der Waals surface area contributed by atoms with E-state index in [1.165, 1.54) is 17.7 Å². The molecule has 0 atom stereocenters. The van der Waals surface area contributed by atoms with E-state index in [-0.39, 0.29) is 34.5 Å². The van der Waals surface area contributed by atoms with E-state index in [1.807, 2.05) is 0 Å². The Kier molecular flexibility index (Phi) is 5.11. The molecule has 3 rings (SSSR count). The smallest absolute Gasteiger partial charge is 0.387 e. The lowest BCUT2D eigenvalue weighted by Gasteiger charge is -2.12. The molecule has 12 heteroatoms. The highest BCUT2D eigenvalue weighted by atomic mass is 32.2. The number of aromatic amines is 1. The minimum absolute atomic E-state index is 0.0480. The van der Waals surface area contributed by atoms with Crippen molar-refractivity contribution < 1.29 is 23.2 Å². The SMILES string of the molecule is COc1cc(CSc2n[nH]c(=O)n2C2CC2)c([N+](=O)[O-])cc1OC(F)F. The number of methoxy groups -OCH3 is 1. The van der Waals surface area contributed by atoms with Crippen LogP contribution in [0.1, 0.15) is 24.4 Å². The number of alkyl halides is 2. The lowest BCUT2D eigenvalue weighted by atomic mass is 10.2. The number of hydrogen-bond acceptors (Lipinski definition) is 7. The maximum Gasteiger partial charge on any atom is 0.387 e. The number of halogens is 2. The van der Waals surface area contributed by atoms with Crippen LogP contribution in [0, 0.1) is 10.1 Å². The largest absolute Gasteiger partial charge is 0.493 e. The van der Waals surface area contributed by atoms with Crippen molar-refractivity contribution >= 4 is 17.4 Å². The summed E-state index contributed by atoms with van der Waals surface area (Å²) in [6.07, 6.45) is 1.75. The van der Waals surface area contributed by atoms with Gasteiger partial charge in [0, 0.05) is 17.4 Å². The minimum Gasteiger partial charge on any atom is -0.493 e. The van der Waals surface area contributed by atoms with Crippen LogP contribution in [-0.2, 0) is 5.75 Å². The third kappa shape index (κ3) is 3.79. The lowest BCUT2D eigenvalue weighted by Crippen LogP contribution is -2.16. The molecule has 26 heavy (non-hydrogen) atoms. The molecule has 0 bridgehead atoms. The van der Waals surface area contributed by atoms with Gasteiger partial charge in [-0.1, -0.05) is 11.8 Å². The molecule has 0 amide bonds. The van der Waals surface area contributed by atoms with Crippen molar-refractivity contribution in [2.75, 3.05) is 7.11 Å². The van der Waals surface area contributed by atoms with E-state index < -0.39 is 17.3 Å². The molecule has 2 aromatic rings. The molecule has 1 aromatic heterocycles. The second-order valence-electron chi connectivity index (χ2n) is 5.47. The average Bonchev–Trinajstić information content (AvgIpc) is 3.35. The van der Waals surface area contributed by atoms with Crippen molar-refractivity contribution in [3.8, 4) is 11.5 Å². The minimum atomic E-state index is -3.14. The van der Waals surface area contributed by atoms with Crippen molar-refractivity contribution in [1.29, 1.82) is 0 Å². The molecule has 1 N–H and O–H groups in total. The summed E-state index contributed by atoms with van der Waals surface area (Å²) in [6.45, 7) is -3.14. The second kappa shape index (κ2) is 7.32. The average molecular weight is 388 g/mol. The summed E-state index contributed by atoms with van der Waals surface area (Å²) in [5.74, 6) is -0.371. The number of thioether (sulfide) groups is 1. The van der Waals surface area contributed by atoms with Gasteiger partial charge < -0.3 is 9.47 Å². The Bertz CT molecular complexity index is 881. The molecular weight excluding hydrogens is 374 g/mol. The molecule has 0 unspecified atom stereocenters. The van der Waals surface area contributed by atoms with Gasteiger partial charge in [0.25, 0.3) is 5.69 Å². The van der Waals surface area contributed by atoms with Crippen LogP contribution in [0.5, 0.6) is 11.5 Å². The van der Waals surface area contributed by atoms with E-state index in [0.29, 0.717) is 5.16 Å². The third-order valence-corrected chi connectivity index (χ3v) is 4.72. The highest BCUT2D eigenvalue weighted by Gasteiger charge is 2.29. The van der Waals surface area contributed by atoms with Crippen LogP contribution in [0.25, 0.3) is 0 Å². The van der Waals surface area contributed by atoms with E-state index in [1.54, 1.807) is 0 Å². The number of hydrogen-bond donors (Lipinski definition) is 1. The predicted octanol–water partition coefficient (Wildman–Crippen LogP) is 2.72. The summed E-state index contributed by atoms with van der Waals surface area (Å²) >= 11 is 1.13. The van der Waals surface area contributed by atoms with Gasteiger partial charge in [-0.15, -0.1) is 5.10 Å². The Morgan fingerprint density at radius 1 is 1.46 bits per heavy atom. The Balaban J connectivity index is 1.89. The molecule has 0 spiro atoms. The van der Waals surface area contributed by atoms with Gasteiger partial charge in [-0.2, -0.15) is 8.78 Å². The highest BCUT2D eigenvalue weighted by Crippen LogP contribution is 2.40. The fourth-order valence-corrected chi connectivity index (χ4v) is 3.41. The van der Waals surface area contributed by atoms with Gasteiger partial charge in [-0.25, -0.2) is 9.89 Å². The molecule has 0 radical (unpaired) electrons. The van der Waals surface area contributed by atoms with Gasteiger partial charge >= 0.3 is 12.3 Å². The molecule has 9 nitrogen and oxygen atoms in total. The molecule has 1 saturated carbocycles. The van der Waals surface area contributed by atoms with Gasteiger partial charge in [0.05, 0.1) is 18.1 Å². The van der Waals surface area contributed by atoms with Gasteiger partial charge in [0.15, 0.2) is 16.7 Å². The molecule has 1 aliphatic rings. The zero-order chi connectivity index (χ0) is 18.8. The molecule has 0 aliphatic heterocycles. The number of rotatable bonds is 8. The van der Waals surface area contributed by atoms with Crippen LogP contribution >= 0.6 is 11.8 Å². The summed E-state index contributed by atoms with van der Waals surface area (Å²) < 4.78 is 35.7. The molecule has 140 valence electrons. The molecule has 1 fully saturated rings. The fraction of sp³-hybridized carbons (Fsp3) is 0.429. The van der Waals surface area contributed by atoms with Crippen LogP contribution < -0.4 is 15.2 Å². The molecule has 0 saturated heterocycles. The maximum absolute atomic E-state index is 12.5. The van der Waals surface area contributed by atoms with Crippen molar-refractivity contribution in [3.05, 3.63) is 38.3 Å². The van der Waals surface area contributed by atoms with Gasteiger partial charge in [0.1, 0.15) is 0 Å². The summed E-state index contributed by atoms with van der Waals surface area (Å²) in [6, 6.07) is 2.27. The van der Waals surface area contributed by atoms with Crippen LogP contribution in [0.15, 0.2) is 22.1 Å². The quantitative estimate of drug-likeness (QED) is 0.420. The number of nitro groups is 1. The van der Waals surface area contributed by atoms with Crippen molar-refractivity contribution in [3.63, 3.8) is 0 Å². The first-order valence-electron chi connectivity index (χ1n) is 7.50. The van der Waals surface area contributed by atoms with Crippen molar-refractivity contribution in [2.24, 2.45) is 0 Å². The normalized spacial score (nSPS) is 13.8. The first-order chi connectivity index (χ1) is 12.4. The Morgan fingerprint density at radius 2 is 2.19 bits per heavy atom. The zero-order valence-corrected chi connectivity index (χ0v) is 14.3. The Morgan fingerprint density at radius 3 is 2.77 bits per heavy atom. The number of aromatic nitrogens is 3. The summed E-state index contributed by atoms with van der Waals surface area (Å²) in [7, 11) is 1.24. The third-order valence-electron chi connectivity index (χ3n) is 3.72. The highest BCUT2D eigenvalue weighted by molar-refractivity contribution is 7.98. The predicted molar refractivity (Wildman–Crippen MR) is 87.0 cm³/mol. The summed E-state index contributed by atoms with van der Waals surface area (Å²) in [5.41, 5.74) is -0.483. The van der Waals surface area contributed by atoms with Gasteiger partial charge in [0.2, 0.25) is 0 Å². The van der Waals surface area contributed by atoms with E-state index in [2.05, 4.69) is 14.9 Å². The van der Waals surface area contributed by atoms with E-state index >= 15 is 0 Å². The van der Waals surface area contributed by atoms with Crippen LogP contribution in [0.3, 0.4) is 0 Å². The lowest BCUT2D eigenvalue weighted by molar-refractivity contribution is -0.385. The molecule has 1 aromatic carbocycles.